The maximum atomic E-state index is 5.76. The highest BCUT2D eigenvalue weighted by Crippen LogP contribution is 2.34. The zero-order valence-corrected chi connectivity index (χ0v) is 11.8. The predicted molar refractivity (Wildman–Crippen MR) is 79.8 cm³/mol. The molecule has 0 bridgehead atoms. The van der Waals surface area contributed by atoms with Gasteiger partial charge in [-0.2, -0.15) is 0 Å². The molecule has 0 spiro atoms. The molecule has 0 aromatic heterocycles. The molecule has 0 heterocycles. The van der Waals surface area contributed by atoms with Crippen LogP contribution in [0.2, 0.25) is 0 Å². The summed E-state index contributed by atoms with van der Waals surface area (Å²) in [7, 11) is 1.65. The van der Waals surface area contributed by atoms with Gasteiger partial charge in [-0.05, 0) is 19.1 Å². The van der Waals surface area contributed by atoms with Crippen molar-refractivity contribution in [1.29, 1.82) is 0 Å². The van der Waals surface area contributed by atoms with Crippen LogP contribution >= 0.6 is 0 Å². The molecule has 0 fully saturated rings. The van der Waals surface area contributed by atoms with Crippen molar-refractivity contribution >= 4 is 0 Å². The summed E-state index contributed by atoms with van der Waals surface area (Å²) in [4.78, 5) is 0. The van der Waals surface area contributed by atoms with Gasteiger partial charge in [0.15, 0.2) is 0 Å². The van der Waals surface area contributed by atoms with Crippen LogP contribution in [0.15, 0.2) is 48.5 Å². The molecule has 2 aromatic carbocycles. The van der Waals surface area contributed by atoms with Gasteiger partial charge in [0.05, 0.1) is 19.8 Å². The molecule has 3 N–H and O–H groups in total. The fourth-order valence-corrected chi connectivity index (χ4v) is 2.26. The number of para-hydroxylation sites is 2. The Hall–Kier alpha value is -2.04. The Bertz CT molecular complexity index is 558. The van der Waals surface area contributed by atoms with Crippen molar-refractivity contribution < 1.29 is 9.47 Å². The van der Waals surface area contributed by atoms with Crippen LogP contribution in [0, 0.1) is 0 Å². The molecule has 0 amide bonds. The lowest BCUT2D eigenvalue weighted by Crippen LogP contribution is -2.29. The number of benzene rings is 2. The number of ether oxygens (including phenoxy) is 2. The van der Waals surface area contributed by atoms with Crippen molar-refractivity contribution in [3.05, 3.63) is 59.7 Å². The molecule has 0 saturated heterocycles. The molecule has 0 saturated carbocycles. The Labute approximate surface area is 119 Å². The van der Waals surface area contributed by atoms with E-state index in [0.29, 0.717) is 6.61 Å². The second-order valence-corrected chi connectivity index (χ2v) is 4.31. The van der Waals surface area contributed by atoms with Crippen LogP contribution in [-0.4, -0.2) is 13.7 Å². The second kappa shape index (κ2) is 6.93. The number of nitrogens with two attached hydrogens (primary N) is 1. The zero-order valence-electron chi connectivity index (χ0n) is 11.8. The van der Waals surface area contributed by atoms with Gasteiger partial charge < -0.3 is 9.47 Å². The Morgan fingerprint density at radius 2 is 1.55 bits per heavy atom. The lowest BCUT2D eigenvalue weighted by atomic mass is 9.97. The van der Waals surface area contributed by atoms with Gasteiger partial charge >= 0.3 is 0 Å². The summed E-state index contributed by atoms with van der Waals surface area (Å²) < 4.78 is 11.1. The highest BCUT2D eigenvalue weighted by Gasteiger charge is 2.19. The van der Waals surface area contributed by atoms with Crippen LogP contribution in [0.1, 0.15) is 24.1 Å². The van der Waals surface area contributed by atoms with Gasteiger partial charge in [-0.3, -0.25) is 5.84 Å². The van der Waals surface area contributed by atoms with Crippen LogP contribution in [0.25, 0.3) is 0 Å². The number of hydrazine groups is 1. The molecule has 20 heavy (non-hydrogen) atoms. The number of rotatable bonds is 6. The van der Waals surface area contributed by atoms with Crippen molar-refractivity contribution in [2.24, 2.45) is 5.84 Å². The van der Waals surface area contributed by atoms with Crippen molar-refractivity contribution in [3.8, 4) is 11.5 Å². The van der Waals surface area contributed by atoms with Crippen LogP contribution in [0.5, 0.6) is 11.5 Å². The summed E-state index contributed by atoms with van der Waals surface area (Å²) in [6.07, 6.45) is 0. The molecule has 4 heteroatoms. The van der Waals surface area contributed by atoms with Gasteiger partial charge in [-0.1, -0.05) is 36.4 Å². The van der Waals surface area contributed by atoms with E-state index in [2.05, 4.69) is 5.43 Å². The monoisotopic (exact) mass is 272 g/mol. The molecule has 1 unspecified atom stereocenters. The Morgan fingerprint density at radius 3 is 2.10 bits per heavy atom. The minimum absolute atomic E-state index is 0.186. The van der Waals surface area contributed by atoms with Crippen LogP contribution in [0.4, 0.5) is 0 Å². The summed E-state index contributed by atoms with van der Waals surface area (Å²) in [5.74, 6) is 7.38. The lowest BCUT2D eigenvalue weighted by Gasteiger charge is -2.21. The fraction of sp³-hybridized carbons (Fsp3) is 0.250. The van der Waals surface area contributed by atoms with E-state index in [9.17, 15) is 0 Å². The first-order chi connectivity index (χ1) is 9.81. The smallest absolute Gasteiger partial charge is 0.124 e. The molecule has 2 rings (SSSR count). The van der Waals surface area contributed by atoms with Crippen molar-refractivity contribution in [1.82, 2.24) is 5.43 Å². The quantitative estimate of drug-likeness (QED) is 0.627. The molecular formula is C16H20N2O2. The maximum absolute atomic E-state index is 5.76. The number of nitrogens with one attached hydrogen (secondary N) is 1. The third-order valence-electron chi connectivity index (χ3n) is 3.15. The minimum atomic E-state index is -0.186. The van der Waals surface area contributed by atoms with Crippen molar-refractivity contribution in [3.63, 3.8) is 0 Å². The van der Waals surface area contributed by atoms with Gasteiger partial charge in [0, 0.05) is 11.1 Å². The first-order valence-corrected chi connectivity index (χ1v) is 6.62. The normalized spacial score (nSPS) is 11.9. The third kappa shape index (κ3) is 2.92. The molecular weight excluding hydrogens is 252 g/mol. The summed E-state index contributed by atoms with van der Waals surface area (Å²) in [6, 6.07) is 15.5. The van der Waals surface area contributed by atoms with Crippen molar-refractivity contribution in [2.45, 2.75) is 13.0 Å². The van der Waals surface area contributed by atoms with E-state index in [-0.39, 0.29) is 6.04 Å². The number of hydrogen-bond donors (Lipinski definition) is 2. The summed E-state index contributed by atoms with van der Waals surface area (Å²) in [5, 5.41) is 0. The van der Waals surface area contributed by atoms with Gasteiger partial charge in [-0.15, -0.1) is 0 Å². The average Bonchev–Trinajstić information content (AvgIpc) is 2.50. The summed E-state index contributed by atoms with van der Waals surface area (Å²) in [6.45, 7) is 2.57. The van der Waals surface area contributed by atoms with E-state index < -0.39 is 0 Å². The zero-order chi connectivity index (χ0) is 14.4. The first kappa shape index (κ1) is 14.4. The second-order valence-electron chi connectivity index (χ2n) is 4.31. The average molecular weight is 272 g/mol. The molecule has 0 aliphatic carbocycles. The largest absolute Gasteiger partial charge is 0.496 e. The maximum Gasteiger partial charge on any atom is 0.124 e. The van der Waals surface area contributed by atoms with Gasteiger partial charge in [0.1, 0.15) is 11.5 Å². The highest BCUT2D eigenvalue weighted by atomic mass is 16.5. The molecule has 1 atom stereocenters. The number of hydrogen-bond acceptors (Lipinski definition) is 4. The topological polar surface area (TPSA) is 56.5 Å². The summed E-state index contributed by atoms with van der Waals surface area (Å²) in [5.41, 5.74) is 4.81. The Balaban J connectivity index is 2.47. The van der Waals surface area contributed by atoms with E-state index >= 15 is 0 Å². The third-order valence-corrected chi connectivity index (χ3v) is 3.15. The van der Waals surface area contributed by atoms with Gasteiger partial charge in [0.25, 0.3) is 0 Å². The van der Waals surface area contributed by atoms with Gasteiger partial charge in [-0.25, -0.2) is 5.43 Å². The van der Waals surface area contributed by atoms with E-state index in [1.54, 1.807) is 7.11 Å². The highest BCUT2D eigenvalue weighted by molar-refractivity contribution is 5.46. The van der Waals surface area contributed by atoms with Crippen LogP contribution < -0.4 is 20.7 Å². The first-order valence-electron chi connectivity index (χ1n) is 6.62. The van der Waals surface area contributed by atoms with E-state index in [0.717, 1.165) is 22.6 Å². The predicted octanol–water partition coefficient (Wildman–Crippen LogP) is 2.65. The molecule has 2 aromatic rings. The van der Waals surface area contributed by atoms with Crippen molar-refractivity contribution in [2.75, 3.05) is 13.7 Å². The van der Waals surface area contributed by atoms with E-state index in [1.165, 1.54) is 0 Å². The van der Waals surface area contributed by atoms with Gasteiger partial charge in [0.2, 0.25) is 0 Å². The molecule has 106 valence electrons. The molecule has 4 nitrogen and oxygen atoms in total. The summed E-state index contributed by atoms with van der Waals surface area (Å²) >= 11 is 0. The van der Waals surface area contributed by atoms with E-state index in [4.69, 9.17) is 15.3 Å². The number of methoxy groups -OCH3 is 1. The molecule has 0 radical (unpaired) electrons. The standard InChI is InChI=1S/C16H20N2O2/c1-3-20-15-11-7-5-9-13(15)16(18-17)12-8-4-6-10-14(12)19-2/h4-11,16,18H,3,17H2,1-2H3. The molecule has 0 aliphatic heterocycles. The van der Waals surface area contributed by atoms with Crippen LogP contribution in [-0.2, 0) is 0 Å². The molecule has 0 aliphatic rings. The SMILES string of the molecule is CCOc1ccccc1C(NN)c1ccccc1OC. The van der Waals surface area contributed by atoms with E-state index in [1.807, 2.05) is 55.5 Å². The van der Waals surface area contributed by atoms with Crippen LogP contribution in [0.3, 0.4) is 0 Å². The fourth-order valence-electron chi connectivity index (χ4n) is 2.26. The Kier molecular flexibility index (Phi) is 4.98. The lowest BCUT2D eigenvalue weighted by molar-refractivity contribution is 0.333. The minimum Gasteiger partial charge on any atom is -0.496 e. The Morgan fingerprint density at radius 1 is 1.00 bits per heavy atom.